The van der Waals surface area contributed by atoms with Crippen LogP contribution in [0.2, 0.25) is 0 Å². The second-order valence-electron chi connectivity index (χ2n) is 7.10. The van der Waals surface area contributed by atoms with Gasteiger partial charge in [0, 0.05) is 11.5 Å². The molecule has 0 aromatic heterocycles. The number of methoxy groups -OCH3 is 1. The molecular formula is C17H24N2O6. The fourth-order valence-electron chi connectivity index (χ4n) is 2.85. The molecular weight excluding hydrogens is 328 g/mol. The predicted octanol–water partition coefficient (Wildman–Crippen LogP) is 1.99. The lowest BCUT2D eigenvalue weighted by atomic mass is 9.91. The maximum absolute atomic E-state index is 12.6. The van der Waals surface area contributed by atoms with E-state index in [1.54, 1.807) is 33.9 Å². The summed E-state index contributed by atoms with van der Waals surface area (Å²) in [4.78, 5) is 24.1. The Labute approximate surface area is 146 Å². The first-order chi connectivity index (χ1) is 11.6. The summed E-state index contributed by atoms with van der Waals surface area (Å²) in [5, 5.41) is 21.1. The molecule has 1 N–H and O–H groups in total. The van der Waals surface area contributed by atoms with Crippen LogP contribution >= 0.6 is 0 Å². The molecule has 138 valence electrons. The van der Waals surface area contributed by atoms with Gasteiger partial charge in [-0.3, -0.25) is 15.0 Å². The van der Waals surface area contributed by atoms with Crippen LogP contribution < -0.4 is 4.74 Å². The maximum atomic E-state index is 12.6. The molecule has 25 heavy (non-hydrogen) atoms. The van der Waals surface area contributed by atoms with E-state index in [4.69, 9.17) is 9.47 Å². The highest BCUT2D eigenvalue weighted by Crippen LogP contribution is 2.29. The van der Waals surface area contributed by atoms with Gasteiger partial charge in [0.15, 0.2) is 0 Å². The molecule has 1 heterocycles. The Morgan fingerprint density at radius 1 is 1.44 bits per heavy atom. The smallest absolute Gasteiger partial charge is 0.410 e. The molecule has 0 radical (unpaired) electrons. The predicted molar refractivity (Wildman–Crippen MR) is 90.1 cm³/mol. The molecule has 0 aliphatic carbocycles. The summed E-state index contributed by atoms with van der Waals surface area (Å²) in [6.07, 6.45) is -1.57. The van der Waals surface area contributed by atoms with Crippen LogP contribution in [0, 0.1) is 10.1 Å². The number of aliphatic hydroxyl groups excluding tert-OH is 1. The number of fused-ring (bicyclic) bond motifs is 1. The molecule has 0 saturated heterocycles. The molecule has 1 amide bonds. The van der Waals surface area contributed by atoms with E-state index >= 15 is 0 Å². The summed E-state index contributed by atoms with van der Waals surface area (Å²) in [6, 6.07) is 4.75. The minimum atomic E-state index is -1.28. The third-order valence-electron chi connectivity index (χ3n) is 3.99. The highest BCUT2D eigenvalue weighted by atomic mass is 16.6. The van der Waals surface area contributed by atoms with Crippen LogP contribution in [0.4, 0.5) is 4.79 Å². The fourth-order valence-corrected chi connectivity index (χ4v) is 2.85. The number of ether oxygens (including phenoxy) is 2. The summed E-state index contributed by atoms with van der Waals surface area (Å²) < 4.78 is 10.6. The Morgan fingerprint density at radius 3 is 2.68 bits per heavy atom. The van der Waals surface area contributed by atoms with E-state index in [2.05, 4.69) is 0 Å². The van der Waals surface area contributed by atoms with Gasteiger partial charge >= 0.3 is 6.09 Å². The Hall–Kier alpha value is -2.35. The van der Waals surface area contributed by atoms with E-state index in [0.29, 0.717) is 12.2 Å². The van der Waals surface area contributed by atoms with Gasteiger partial charge < -0.3 is 14.6 Å². The normalized spacial score (nSPS) is 18.3. The van der Waals surface area contributed by atoms with Gasteiger partial charge in [0.2, 0.25) is 6.54 Å². The molecule has 2 rings (SSSR count). The Morgan fingerprint density at radius 2 is 2.12 bits per heavy atom. The maximum Gasteiger partial charge on any atom is 0.410 e. The average molecular weight is 352 g/mol. The van der Waals surface area contributed by atoms with Crippen molar-refractivity contribution in [2.45, 2.75) is 51.5 Å². The minimum Gasteiger partial charge on any atom is -0.497 e. The Bertz CT molecular complexity index is 655. The van der Waals surface area contributed by atoms with Crippen molar-refractivity contribution in [3.05, 3.63) is 39.4 Å². The number of hydrogen-bond donors (Lipinski definition) is 1. The third-order valence-corrected chi connectivity index (χ3v) is 3.99. The van der Waals surface area contributed by atoms with Gasteiger partial charge in [0.25, 0.3) is 0 Å². The first-order valence-corrected chi connectivity index (χ1v) is 8.06. The van der Waals surface area contributed by atoms with Gasteiger partial charge in [0.05, 0.1) is 13.2 Å². The molecule has 1 aromatic carbocycles. The van der Waals surface area contributed by atoms with Gasteiger partial charge in [-0.2, -0.15) is 0 Å². The number of carbonyl (C=O) groups is 1. The van der Waals surface area contributed by atoms with Crippen LogP contribution in [0.5, 0.6) is 5.75 Å². The number of aliphatic hydroxyl groups is 1. The number of amides is 1. The van der Waals surface area contributed by atoms with E-state index in [0.717, 1.165) is 11.1 Å². The summed E-state index contributed by atoms with van der Waals surface area (Å²) in [6.45, 7) is 4.80. The van der Waals surface area contributed by atoms with Crippen LogP contribution in [0.1, 0.15) is 31.9 Å². The van der Waals surface area contributed by atoms with Crippen molar-refractivity contribution >= 4 is 6.09 Å². The molecule has 1 aliphatic rings. The van der Waals surface area contributed by atoms with E-state index in [9.17, 15) is 20.0 Å². The molecule has 1 aromatic rings. The van der Waals surface area contributed by atoms with Crippen molar-refractivity contribution in [1.82, 2.24) is 4.90 Å². The number of hydrogen-bond acceptors (Lipinski definition) is 6. The van der Waals surface area contributed by atoms with Crippen molar-refractivity contribution in [1.29, 1.82) is 0 Å². The molecule has 0 bridgehead atoms. The van der Waals surface area contributed by atoms with Gasteiger partial charge in [-0.05, 0) is 50.5 Å². The zero-order chi connectivity index (χ0) is 18.8. The molecule has 8 nitrogen and oxygen atoms in total. The standard InChI is InChI=1S/C17H24N2O6/c1-17(2,3)25-16(21)18-9-12-7-13(24-4)6-5-11(12)8-14(18)15(20)10-19(22)23/h5-7,14-15,20H,8-10H2,1-4H3/t14-,15+/m0/s1. The molecule has 0 fully saturated rings. The Kier molecular flexibility index (Phi) is 5.52. The number of nitrogens with zero attached hydrogens (tertiary/aromatic N) is 2. The Balaban J connectivity index is 2.32. The van der Waals surface area contributed by atoms with Crippen LogP contribution in [0.25, 0.3) is 0 Å². The second-order valence-corrected chi connectivity index (χ2v) is 7.10. The van der Waals surface area contributed by atoms with E-state index in [-0.39, 0.29) is 6.54 Å². The van der Waals surface area contributed by atoms with Crippen LogP contribution in [-0.2, 0) is 17.7 Å². The summed E-state index contributed by atoms with van der Waals surface area (Å²) in [5.41, 5.74) is 1.09. The van der Waals surface area contributed by atoms with Crippen LogP contribution in [-0.4, -0.2) is 52.4 Å². The number of carbonyl (C=O) groups excluding carboxylic acids is 1. The molecule has 0 saturated carbocycles. The topological polar surface area (TPSA) is 102 Å². The van der Waals surface area contributed by atoms with Crippen LogP contribution in [0.15, 0.2) is 18.2 Å². The lowest BCUT2D eigenvalue weighted by Gasteiger charge is -2.39. The average Bonchev–Trinajstić information content (AvgIpc) is 2.50. The van der Waals surface area contributed by atoms with Gasteiger partial charge in [-0.15, -0.1) is 0 Å². The first-order valence-electron chi connectivity index (χ1n) is 8.06. The van der Waals surface area contributed by atoms with Crippen molar-refractivity contribution < 1.29 is 24.3 Å². The zero-order valence-corrected chi connectivity index (χ0v) is 14.9. The molecule has 8 heteroatoms. The number of nitro groups is 1. The quantitative estimate of drug-likeness (QED) is 0.657. The van der Waals surface area contributed by atoms with Crippen LogP contribution in [0.3, 0.4) is 0 Å². The lowest BCUT2D eigenvalue weighted by molar-refractivity contribution is -0.491. The SMILES string of the molecule is COc1ccc2c(c1)CN(C(=O)OC(C)(C)C)[C@H]([C@H](O)C[N+](=O)[O-])C2. The highest BCUT2D eigenvalue weighted by molar-refractivity contribution is 5.69. The molecule has 2 atom stereocenters. The highest BCUT2D eigenvalue weighted by Gasteiger charge is 2.38. The van der Waals surface area contributed by atoms with Gasteiger partial charge in [-0.1, -0.05) is 6.07 Å². The summed E-state index contributed by atoms with van der Waals surface area (Å²) >= 11 is 0. The third kappa shape index (κ3) is 4.82. The lowest BCUT2D eigenvalue weighted by Crippen LogP contribution is -2.53. The van der Waals surface area contributed by atoms with Crippen molar-refractivity contribution in [2.24, 2.45) is 0 Å². The van der Waals surface area contributed by atoms with Gasteiger partial charge in [0.1, 0.15) is 17.5 Å². The second kappa shape index (κ2) is 7.26. The monoisotopic (exact) mass is 352 g/mol. The minimum absolute atomic E-state index is 0.195. The summed E-state index contributed by atoms with van der Waals surface area (Å²) in [7, 11) is 1.56. The van der Waals surface area contributed by atoms with Gasteiger partial charge in [-0.25, -0.2) is 4.79 Å². The van der Waals surface area contributed by atoms with E-state index in [1.165, 1.54) is 4.90 Å². The summed E-state index contributed by atoms with van der Waals surface area (Å²) in [5.74, 6) is 0.659. The number of rotatable bonds is 4. The number of benzene rings is 1. The molecule has 0 spiro atoms. The van der Waals surface area contributed by atoms with E-state index in [1.807, 2.05) is 12.1 Å². The first kappa shape index (κ1) is 19.0. The van der Waals surface area contributed by atoms with Crippen molar-refractivity contribution in [2.75, 3.05) is 13.7 Å². The fraction of sp³-hybridized carbons (Fsp3) is 0.588. The molecule has 1 aliphatic heterocycles. The van der Waals surface area contributed by atoms with Crippen molar-refractivity contribution in [3.8, 4) is 5.75 Å². The zero-order valence-electron chi connectivity index (χ0n) is 14.9. The van der Waals surface area contributed by atoms with E-state index < -0.39 is 35.3 Å². The van der Waals surface area contributed by atoms with Crippen molar-refractivity contribution in [3.63, 3.8) is 0 Å². The molecule has 0 unspecified atom stereocenters. The largest absolute Gasteiger partial charge is 0.497 e.